The van der Waals surface area contributed by atoms with Crippen molar-refractivity contribution < 1.29 is 18.7 Å². The van der Waals surface area contributed by atoms with Crippen LogP contribution in [0.15, 0.2) is 36.7 Å². The number of rotatable bonds is 8. The quantitative estimate of drug-likeness (QED) is 0.487. The standard InChI is InChI=1S/C16H21N6O4P/c1-11(7-22-9-19-13-14(17)20-16(18)21-15(13)22)25-10-27(23,24)26-8-12-5-3-2-4-6-12/h2-6,9,11H,7-8,10H2,1H3,(H,23,24)(H4,17,18,20,21)/t11-/m1/s1. The molecule has 2 heterocycles. The Labute approximate surface area is 155 Å². The lowest BCUT2D eigenvalue weighted by Crippen LogP contribution is -2.18. The Hall–Kier alpha value is -2.52. The van der Waals surface area contributed by atoms with Crippen LogP contribution < -0.4 is 11.5 Å². The number of aromatic nitrogens is 4. The summed E-state index contributed by atoms with van der Waals surface area (Å²) in [6, 6.07) is 9.15. The summed E-state index contributed by atoms with van der Waals surface area (Å²) in [5.74, 6) is 0.239. The minimum atomic E-state index is -3.88. The van der Waals surface area contributed by atoms with E-state index in [0.717, 1.165) is 5.56 Å². The van der Waals surface area contributed by atoms with Crippen molar-refractivity contribution in [1.29, 1.82) is 0 Å². The van der Waals surface area contributed by atoms with Crippen molar-refractivity contribution in [3.05, 3.63) is 42.2 Å². The highest BCUT2D eigenvalue weighted by Crippen LogP contribution is 2.43. The average molecular weight is 392 g/mol. The fourth-order valence-corrected chi connectivity index (χ4v) is 3.32. The van der Waals surface area contributed by atoms with Crippen molar-refractivity contribution >= 4 is 30.5 Å². The van der Waals surface area contributed by atoms with Gasteiger partial charge < -0.3 is 30.2 Å². The maximum Gasteiger partial charge on any atom is 0.353 e. The van der Waals surface area contributed by atoms with Crippen LogP contribution in [0.1, 0.15) is 12.5 Å². The molecular formula is C16H21N6O4P. The van der Waals surface area contributed by atoms with Crippen molar-refractivity contribution in [1.82, 2.24) is 19.5 Å². The van der Waals surface area contributed by atoms with Crippen LogP contribution in [0.3, 0.4) is 0 Å². The van der Waals surface area contributed by atoms with Crippen LogP contribution in [0.2, 0.25) is 0 Å². The molecule has 0 amide bonds. The zero-order chi connectivity index (χ0) is 19.4. The second-order valence-corrected chi connectivity index (χ2v) is 7.83. The lowest BCUT2D eigenvalue weighted by Gasteiger charge is -2.17. The van der Waals surface area contributed by atoms with E-state index in [1.165, 1.54) is 0 Å². The van der Waals surface area contributed by atoms with Gasteiger partial charge in [-0.15, -0.1) is 0 Å². The number of nitrogens with zero attached hydrogens (tertiary/aromatic N) is 4. The summed E-state index contributed by atoms with van der Waals surface area (Å²) in [4.78, 5) is 22.1. The van der Waals surface area contributed by atoms with Gasteiger partial charge in [0.2, 0.25) is 5.95 Å². The van der Waals surface area contributed by atoms with Gasteiger partial charge in [-0.25, -0.2) is 4.98 Å². The summed E-state index contributed by atoms with van der Waals surface area (Å²) in [7, 11) is -3.88. The van der Waals surface area contributed by atoms with Gasteiger partial charge in [0.1, 0.15) is 11.9 Å². The smallest absolute Gasteiger partial charge is 0.353 e. The first-order valence-corrected chi connectivity index (χ1v) is 9.96. The Bertz CT molecular complexity index is 964. The third kappa shape index (κ3) is 5.01. The van der Waals surface area contributed by atoms with Gasteiger partial charge in [0.25, 0.3) is 0 Å². The highest BCUT2D eigenvalue weighted by molar-refractivity contribution is 7.52. The molecule has 0 spiro atoms. The largest absolute Gasteiger partial charge is 0.382 e. The summed E-state index contributed by atoms with van der Waals surface area (Å²) in [5.41, 5.74) is 13.1. The van der Waals surface area contributed by atoms with Gasteiger partial charge in [-0.3, -0.25) is 4.57 Å². The predicted molar refractivity (Wildman–Crippen MR) is 101 cm³/mol. The van der Waals surface area contributed by atoms with E-state index >= 15 is 0 Å². The first kappa shape index (κ1) is 19.2. The first-order chi connectivity index (χ1) is 12.8. The Morgan fingerprint density at radius 2 is 2.00 bits per heavy atom. The molecule has 0 saturated carbocycles. The highest BCUT2D eigenvalue weighted by Gasteiger charge is 2.22. The van der Waals surface area contributed by atoms with E-state index in [1.807, 2.05) is 30.3 Å². The number of fused-ring (bicyclic) bond motifs is 1. The Balaban J connectivity index is 1.56. The second kappa shape index (κ2) is 8.01. The van der Waals surface area contributed by atoms with Crippen molar-refractivity contribution in [2.24, 2.45) is 0 Å². The molecule has 2 atom stereocenters. The lowest BCUT2D eigenvalue weighted by molar-refractivity contribution is 0.0708. The minimum absolute atomic E-state index is 0.0357. The second-order valence-electron chi connectivity index (χ2n) is 6.04. The Kier molecular flexibility index (Phi) is 5.71. The summed E-state index contributed by atoms with van der Waals surface area (Å²) in [6.07, 6.45) is 0.715. The molecule has 27 heavy (non-hydrogen) atoms. The number of imidazole rings is 1. The van der Waals surface area contributed by atoms with Gasteiger partial charge in [0.15, 0.2) is 11.5 Å². The molecule has 1 aromatic carbocycles. The Morgan fingerprint density at radius 1 is 1.26 bits per heavy atom. The van der Waals surface area contributed by atoms with Gasteiger partial charge in [-0.2, -0.15) is 9.97 Å². The number of nitrogens with two attached hydrogens (primary N) is 2. The molecule has 11 heteroatoms. The average Bonchev–Trinajstić information content (AvgIpc) is 3.02. The molecule has 0 radical (unpaired) electrons. The molecule has 5 N–H and O–H groups in total. The molecule has 10 nitrogen and oxygen atoms in total. The van der Waals surface area contributed by atoms with Gasteiger partial charge in [-0.1, -0.05) is 30.3 Å². The number of anilines is 2. The molecule has 2 aromatic heterocycles. The molecule has 3 rings (SSSR count). The van der Waals surface area contributed by atoms with Crippen LogP contribution >= 0.6 is 7.60 Å². The minimum Gasteiger partial charge on any atom is -0.382 e. The zero-order valence-electron chi connectivity index (χ0n) is 14.7. The molecule has 0 aliphatic carbocycles. The topological polar surface area (TPSA) is 151 Å². The summed E-state index contributed by atoms with van der Waals surface area (Å²) in [5, 5.41) is 0. The van der Waals surface area contributed by atoms with Crippen LogP contribution in [-0.4, -0.2) is 36.9 Å². The molecule has 0 saturated heterocycles. The molecule has 0 fully saturated rings. The zero-order valence-corrected chi connectivity index (χ0v) is 15.6. The monoisotopic (exact) mass is 392 g/mol. The molecule has 3 aromatic rings. The molecule has 1 unspecified atom stereocenters. The van der Waals surface area contributed by atoms with Gasteiger partial charge in [0, 0.05) is 0 Å². The van der Waals surface area contributed by atoms with E-state index in [1.54, 1.807) is 17.8 Å². The maximum atomic E-state index is 12.1. The number of hydrogen-bond acceptors (Lipinski definition) is 8. The summed E-state index contributed by atoms with van der Waals surface area (Å²) >= 11 is 0. The van der Waals surface area contributed by atoms with E-state index in [0.29, 0.717) is 17.7 Å². The normalized spacial score (nSPS) is 14.9. The fourth-order valence-electron chi connectivity index (χ4n) is 2.46. The SMILES string of the molecule is C[C@H](Cn1cnc2c(N)nc(N)nc21)OCP(=O)(O)OCc1ccccc1. The van der Waals surface area contributed by atoms with E-state index in [9.17, 15) is 9.46 Å². The van der Waals surface area contributed by atoms with E-state index < -0.39 is 20.0 Å². The number of hydrogen-bond donors (Lipinski definition) is 3. The van der Waals surface area contributed by atoms with Gasteiger partial charge in [-0.05, 0) is 12.5 Å². The Morgan fingerprint density at radius 3 is 2.74 bits per heavy atom. The van der Waals surface area contributed by atoms with Crippen LogP contribution in [0.25, 0.3) is 11.2 Å². The van der Waals surface area contributed by atoms with Crippen LogP contribution in [0.5, 0.6) is 0 Å². The lowest BCUT2D eigenvalue weighted by atomic mass is 10.2. The number of ether oxygens (including phenoxy) is 1. The van der Waals surface area contributed by atoms with E-state index in [4.69, 9.17) is 20.7 Å². The van der Waals surface area contributed by atoms with Crippen LogP contribution in [0.4, 0.5) is 11.8 Å². The maximum absolute atomic E-state index is 12.1. The predicted octanol–water partition coefficient (Wildman–Crippen LogP) is 1.76. The summed E-state index contributed by atoms with van der Waals surface area (Å²) < 4.78 is 24.4. The molecule has 0 aliphatic rings. The van der Waals surface area contributed by atoms with Crippen molar-refractivity contribution in [3.63, 3.8) is 0 Å². The van der Waals surface area contributed by atoms with E-state index in [-0.39, 0.29) is 18.4 Å². The van der Waals surface area contributed by atoms with Crippen molar-refractivity contribution in [2.75, 3.05) is 17.8 Å². The van der Waals surface area contributed by atoms with Gasteiger partial charge in [0.05, 0.1) is 25.6 Å². The molecule has 0 bridgehead atoms. The first-order valence-electron chi connectivity index (χ1n) is 8.20. The van der Waals surface area contributed by atoms with Gasteiger partial charge >= 0.3 is 7.60 Å². The van der Waals surface area contributed by atoms with Crippen LogP contribution in [-0.2, 0) is 27.0 Å². The van der Waals surface area contributed by atoms with E-state index in [2.05, 4.69) is 15.0 Å². The molecular weight excluding hydrogens is 371 g/mol. The fraction of sp³-hybridized carbons (Fsp3) is 0.312. The molecule has 0 aliphatic heterocycles. The summed E-state index contributed by atoms with van der Waals surface area (Å²) in [6.45, 7) is 2.13. The van der Waals surface area contributed by atoms with Crippen molar-refractivity contribution in [2.45, 2.75) is 26.2 Å². The number of nitrogen functional groups attached to an aromatic ring is 2. The van der Waals surface area contributed by atoms with Crippen molar-refractivity contribution in [3.8, 4) is 0 Å². The third-order valence-corrected chi connectivity index (χ3v) is 4.77. The highest BCUT2D eigenvalue weighted by atomic mass is 31.2. The third-order valence-electron chi connectivity index (χ3n) is 3.76. The van der Waals surface area contributed by atoms with Crippen LogP contribution in [0, 0.1) is 0 Å². The molecule has 144 valence electrons. The number of benzene rings is 1.